The summed E-state index contributed by atoms with van der Waals surface area (Å²) in [5.74, 6) is -0.778. The van der Waals surface area contributed by atoms with E-state index in [0.717, 1.165) is 0 Å². The third-order valence-electron chi connectivity index (χ3n) is 5.91. The number of halogens is 2. The van der Waals surface area contributed by atoms with Crippen molar-refractivity contribution in [2.75, 3.05) is 33.2 Å². The molecule has 3 aromatic rings. The van der Waals surface area contributed by atoms with Gasteiger partial charge >= 0.3 is 12.0 Å². The number of rotatable bonds is 10. The van der Waals surface area contributed by atoms with Crippen LogP contribution in [-0.4, -0.2) is 56.7 Å². The van der Waals surface area contributed by atoms with Crippen LogP contribution in [0.5, 0.6) is 11.5 Å². The third-order valence-corrected chi connectivity index (χ3v) is 6.21. The highest BCUT2D eigenvalue weighted by atomic mass is 35.5. The third kappa shape index (κ3) is 7.61. The number of carbonyl (C=O) groups is 3. The van der Waals surface area contributed by atoms with Crippen LogP contribution in [0.3, 0.4) is 0 Å². The normalized spacial score (nSPS) is 12.1. The smallest absolute Gasteiger partial charge is 0.337 e. The number of ether oxygens (including phenoxy) is 3. The van der Waals surface area contributed by atoms with Crippen molar-refractivity contribution in [1.29, 1.82) is 0 Å². The zero-order valence-corrected chi connectivity index (χ0v) is 22.6. The van der Waals surface area contributed by atoms with Crippen molar-refractivity contribution in [2.24, 2.45) is 0 Å². The van der Waals surface area contributed by atoms with Crippen LogP contribution < -0.4 is 20.1 Å². The first kappa shape index (κ1) is 29.2. The Morgan fingerprint density at radius 3 is 2.44 bits per heavy atom. The van der Waals surface area contributed by atoms with E-state index in [1.165, 1.54) is 55.5 Å². The van der Waals surface area contributed by atoms with E-state index in [1.54, 1.807) is 44.3 Å². The van der Waals surface area contributed by atoms with Crippen LogP contribution in [0, 0.1) is 5.82 Å². The maximum Gasteiger partial charge on any atom is 0.337 e. The highest BCUT2D eigenvalue weighted by Crippen LogP contribution is 2.27. The predicted octanol–water partition coefficient (Wildman–Crippen LogP) is 5.06. The molecule has 0 aliphatic rings. The highest BCUT2D eigenvalue weighted by molar-refractivity contribution is 6.32. The number of urea groups is 1. The molecular formula is C28H29ClFN3O6. The average molecular weight is 558 g/mol. The van der Waals surface area contributed by atoms with Gasteiger partial charge < -0.3 is 29.7 Å². The minimum atomic E-state index is -1.12. The second kappa shape index (κ2) is 13.5. The van der Waals surface area contributed by atoms with Gasteiger partial charge in [0.1, 0.15) is 30.0 Å². The fraction of sp³-hybridized carbons (Fsp3) is 0.250. The first-order valence-corrected chi connectivity index (χ1v) is 12.3. The van der Waals surface area contributed by atoms with E-state index in [1.807, 2.05) is 0 Å². The van der Waals surface area contributed by atoms with Gasteiger partial charge in [-0.05, 0) is 55.0 Å². The molecular weight excluding hydrogens is 529 g/mol. The summed E-state index contributed by atoms with van der Waals surface area (Å²) >= 11 is 6.24. The Kier molecular flexibility index (Phi) is 10.1. The van der Waals surface area contributed by atoms with Gasteiger partial charge in [0.25, 0.3) is 0 Å². The number of amides is 3. The molecule has 0 aliphatic heterocycles. The molecule has 0 spiro atoms. The monoisotopic (exact) mass is 557 g/mol. The summed E-state index contributed by atoms with van der Waals surface area (Å²) < 4.78 is 29.8. The van der Waals surface area contributed by atoms with E-state index in [9.17, 15) is 18.8 Å². The van der Waals surface area contributed by atoms with Crippen LogP contribution in [0.25, 0.3) is 0 Å². The fourth-order valence-electron chi connectivity index (χ4n) is 3.57. The van der Waals surface area contributed by atoms with Crippen molar-refractivity contribution in [3.8, 4) is 11.5 Å². The van der Waals surface area contributed by atoms with Crippen molar-refractivity contribution in [3.63, 3.8) is 0 Å². The maximum absolute atomic E-state index is 14.1. The molecule has 3 amide bonds. The van der Waals surface area contributed by atoms with E-state index in [2.05, 4.69) is 15.4 Å². The SMILES string of the molecule is COC(=O)c1ccc(OC[C@H](C)N(C)C(=O)C(NC(=O)Nc2ccccc2F)c2cccc(OC)c2)c(Cl)c1. The Labute approximate surface area is 230 Å². The Morgan fingerprint density at radius 1 is 1.03 bits per heavy atom. The van der Waals surface area contributed by atoms with E-state index < -0.39 is 35.8 Å². The van der Waals surface area contributed by atoms with Gasteiger partial charge in [0.05, 0.1) is 36.5 Å². The molecule has 0 saturated carbocycles. The van der Waals surface area contributed by atoms with Crippen molar-refractivity contribution in [2.45, 2.75) is 19.0 Å². The first-order valence-electron chi connectivity index (χ1n) is 11.9. The van der Waals surface area contributed by atoms with Gasteiger partial charge in [-0.1, -0.05) is 35.9 Å². The summed E-state index contributed by atoms with van der Waals surface area (Å²) in [5, 5.41) is 5.27. The largest absolute Gasteiger partial charge is 0.497 e. The van der Waals surface area contributed by atoms with E-state index >= 15 is 0 Å². The molecule has 0 saturated heterocycles. The number of nitrogens with zero attached hydrogens (tertiary/aromatic N) is 1. The van der Waals surface area contributed by atoms with Crippen molar-refractivity contribution >= 4 is 35.2 Å². The van der Waals surface area contributed by atoms with Crippen LogP contribution in [0.15, 0.2) is 66.7 Å². The molecule has 1 unspecified atom stereocenters. The molecule has 2 N–H and O–H groups in total. The standard InChI is InChI=1S/C28H29ClFN3O6/c1-17(16-39-24-13-12-19(15-21(24)29)27(35)38-4)33(2)26(34)25(18-8-7-9-20(14-18)37-3)32-28(36)31-23-11-6-5-10-22(23)30/h5-15,17,25H,16H2,1-4H3,(H2,31,32,36)/t17-,25?/m0/s1. The van der Waals surface area contributed by atoms with Gasteiger partial charge in [-0.3, -0.25) is 4.79 Å². The number of carbonyl (C=O) groups excluding carboxylic acids is 3. The maximum atomic E-state index is 14.1. The van der Waals surface area contributed by atoms with Gasteiger partial charge in [-0.15, -0.1) is 0 Å². The molecule has 39 heavy (non-hydrogen) atoms. The van der Waals surface area contributed by atoms with E-state index in [4.69, 9.17) is 21.1 Å². The summed E-state index contributed by atoms with van der Waals surface area (Å²) in [6.07, 6.45) is 0. The number of hydrogen-bond donors (Lipinski definition) is 2. The topological polar surface area (TPSA) is 106 Å². The molecule has 0 aromatic heterocycles. The Hall–Kier alpha value is -4.31. The van der Waals surface area contributed by atoms with Crippen LogP contribution >= 0.6 is 11.6 Å². The van der Waals surface area contributed by atoms with Gasteiger partial charge in [0.15, 0.2) is 0 Å². The number of hydrogen-bond acceptors (Lipinski definition) is 6. The fourth-order valence-corrected chi connectivity index (χ4v) is 3.80. The quantitative estimate of drug-likeness (QED) is 0.337. The lowest BCUT2D eigenvalue weighted by molar-refractivity contribution is -0.134. The molecule has 2 atom stereocenters. The summed E-state index contributed by atoms with van der Waals surface area (Å²) in [5.41, 5.74) is 0.706. The predicted molar refractivity (Wildman–Crippen MR) is 145 cm³/mol. The lowest BCUT2D eigenvalue weighted by Gasteiger charge is -2.30. The number of esters is 1. The summed E-state index contributed by atoms with van der Waals surface area (Å²) in [4.78, 5) is 39.5. The number of nitrogens with one attached hydrogen (secondary N) is 2. The summed E-state index contributed by atoms with van der Waals surface area (Å²) in [7, 11) is 4.33. The average Bonchev–Trinajstić information content (AvgIpc) is 2.95. The summed E-state index contributed by atoms with van der Waals surface area (Å²) in [6, 6.07) is 14.5. The zero-order chi connectivity index (χ0) is 28.5. The van der Waals surface area contributed by atoms with E-state index in [-0.39, 0.29) is 22.9 Å². The first-order chi connectivity index (χ1) is 18.6. The minimum absolute atomic E-state index is 0.0305. The number of anilines is 1. The minimum Gasteiger partial charge on any atom is -0.497 e. The lowest BCUT2D eigenvalue weighted by Crippen LogP contribution is -2.47. The van der Waals surface area contributed by atoms with Gasteiger partial charge in [-0.25, -0.2) is 14.0 Å². The molecule has 0 bridgehead atoms. The zero-order valence-electron chi connectivity index (χ0n) is 21.9. The summed E-state index contributed by atoms with van der Waals surface area (Å²) in [6.45, 7) is 1.82. The molecule has 11 heteroatoms. The Bertz CT molecular complexity index is 1340. The molecule has 206 valence electrons. The van der Waals surface area contributed by atoms with Crippen LogP contribution in [0.1, 0.15) is 28.9 Å². The number of likely N-dealkylation sites (N-methyl/N-ethyl adjacent to an activating group) is 1. The van der Waals surface area contributed by atoms with Crippen LogP contribution in [0.4, 0.5) is 14.9 Å². The molecule has 0 heterocycles. The van der Waals surface area contributed by atoms with E-state index in [0.29, 0.717) is 17.1 Å². The van der Waals surface area contributed by atoms with Crippen LogP contribution in [-0.2, 0) is 9.53 Å². The van der Waals surface area contributed by atoms with Gasteiger partial charge in [-0.2, -0.15) is 0 Å². The number of methoxy groups -OCH3 is 2. The Balaban J connectivity index is 1.75. The van der Waals surface area contributed by atoms with Gasteiger partial charge in [0, 0.05) is 7.05 Å². The van der Waals surface area contributed by atoms with Crippen LogP contribution in [0.2, 0.25) is 5.02 Å². The highest BCUT2D eigenvalue weighted by Gasteiger charge is 2.29. The second-order valence-corrected chi connectivity index (χ2v) is 8.94. The second-order valence-electron chi connectivity index (χ2n) is 8.53. The van der Waals surface area contributed by atoms with Crippen molar-refractivity contribution in [1.82, 2.24) is 10.2 Å². The molecule has 3 aromatic carbocycles. The van der Waals surface area contributed by atoms with Crippen molar-refractivity contribution < 1.29 is 33.0 Å². The van der Waals surface area contributed by atoms with Gasteiger partial charge in [0.2, 0.25) is 5.91 Å². The van der Waals surface area contributed by atoms with Crippen molar-refractivity contribution in [3.05, 3.63) is 88.7 Å². The molecule has 0 aliphatic carbocycles. The molecule has 9 nitrogen and oxygen atoms in total. The molecule has 3 rings (SSSR count). The molecule has 0 fully saturated rings. The Morgan fingerprint density at radius 2 is 1.77 bits per heavy atom. The number of benzene rings is 3. The molecule has 0 radical (unpaired) electrons. The lowest BCUT2D eigenvalue weighted by atomic mass is 10.0. The number of para-hydroxylation sites is 1.